The number of carbonyl (C=O) groups is 2. The summed E-state index contributed by atoms with van der Waals surface area (Å²) in [4.78, 5) is 28.7. The van der Waals surface area contributed by atoms with Crippen molar-refractivity contribution in [1.29, 1.82) is 0 Å². The topological polar surface area (TPSA) is 61.4 Å². The minimum Gasteiger partial charge on any atom is -0.354 e. The van der Waals surface area contributed by atoms with Gasteiger partial charge in [0.05, 0.1) is 0 Å². The summed E-state index contributed by atoms with van der Waals surface area (Å²) in [6, 6.07) is 8.56. The molecule has 4 bridgehead atoms. The number of rotatable bonds is 10. The summed E-state index contributed by atoms with van der Waals surface area (Å²) in [5.74, 6) is 2.54. The number of nitrogens with zero attached hydrogens (tertiary/aromatic N) is 1. The number of nitrogens with one attached hydrogen (secondary N) is 2. The molecule has 0 radical (unpaired) electrons. The second-order valence-corrected chi connectivity index (χ2v) is 13.2. The van der Waals surface area contributed by atoms with Crippen LogP contribution in [-0.2, 0) is 10.2 Å². The van der Waals surface area contributed by atoms with Crippen molar-refractivity contribution in [3.63, 3.8) is 0 Å². The molecule has 5 nitrogen and oxygen atoms in total. The maximum atomic E-state index is 13.1. The molecule has 2 amide bonds. The summed E-state index contributed by atoms with van der Waals surface area (Å²) in [7, 11) is 0. The molecule has 2 N–H and O–H groups in total. The molecule has 5 aliphatic rings. The monoisotopic (exact) mass is 507 g/mol. The van der Waals surface area contributed by atoms with Gasteiger partial charge in [0, 0.05) is 24.7 Å². The van der Waals surface area contributed by atoms with E-state index in [2.05, 4.69) is 34.6 Å². The van der Waals surface area contributed by atoms with Crippen LogP contribution in [0.2, 0.25) is 0 Å². The predicted molar refractivity (Wildman–Crippen MR) is 150 cm³/mol. The van der Waals surface area contributed by atoms with Crippen LogP contribution < -0.4 is 10.6 Å². The first-order valence-electron chi connectivity index (χ1n) is 15.3. The van der Waals surface area contributed by atoms with Gasteiger partial charge in [-0.2, -0.15) is 0 Å². The van der Waals surface area contributed by atoms with Crippen molar-refractivity contribution in [2.45, 2.75) is 109 Å². The van der Waals surface area contributed by atoms with E-state index in [0.29, 0.717) is 23.6 Å². The third-order valence-electron chi connectivity index (χ3n) is 10.2. The standard InChI is InChI=1S/C32H49N3O2/c1-4-28-8-5-6-14-35(28)15-7-13-33-31(37)29(22(2)3)34-30(36)26-9-11-27(12-10-26)32-19-23-16-24(20-32)18-25(17-23)21-32/h9-12,22-25,28-29H,4-8,13-21H2,1-3H3,(H,33,37)(H,34,36)/t23?,24?,25?,28-,29-,32?/m0/s1. The molecule has 37 heavy (non-hydrogen) atoms. The molecule has 1 aromatic rings. The molecule has 1 saturated heterocycles. The highest BCUT2D eigenvalue weighted by molar-refractivity contribution is 5.97. The molecule has 5 heteroatoms. The largest absolute Gasteiger partial charge is 0.354 e. The predicted octanol–water partition coefficient (Wildman–Crippen LogP) is 5.68. The van der Waals surface area contributed by atoms with E-state index in [9.17, 15) is 9.59 Å². The van der Waals surface area contributed by atoms with Gasteiger partial charge in [-0.05, 0) is 118 Å². The second kappa shape index (κ2) is 11.5. The Hall–Kier alpha value is -1.88. The van der Waals surface area contributed by atoms with Crippen molar-refractivity contribution in [3.05, 3.63) is 35.4 Å². The number of amides is 2. The number of hydrogen-bond acceptors (Lipinski definition) is 3. The molecule has 4 saturated carbocycles. The highest BCUT2D eigenvalue weighted by atomic mass is 16.2. The van der Waals surface area contributed by atoms with Gasteiger partial charge in [-0.3, -0.25) is 9.59 Å². The van der Waals surface area contributed by atoms with E-state index in [0.717, 1.165) is 30.7 Å². The molecular formula is C32H49N3O2. The molecule has 4 aliphatic carbocycles. The third-order valence-corrected chi connectivity index (χ3v) is 10.2. The minimum atomic E-state index is -0.520. The van der Waals surface area contributed by atoms with Crippen LogP contribution in [0.15, 0.2) is 24.3 Å². The average Bonchev–Trinajstić information content (AvgIpc) is 2.89. The molecule has 6 rings (SSSR count). The van der Waals surface area contributed by atoms with Gasteiger partial charge in [-0.25, -0.2) is 0 Å². The Morgan fingerprint density at radius 3 is 2.24 bits per heavy atom. The Balaban J connectivity index is 1.13. The Morgan fingerprint density at radius 1 is 1.00 bits per heavy atom. The van der Waals surface area contributed by atoms with Crippen molar-refractivity contribution in [2.24, 2.45) is 23.7 Å². The van der Waals surface area contributed by atoms with Crippen molar-refractivity contribution in [2.75, 3.05) is 19.6 Å². The summed E-state index contributed by atoms with van der Waals surface area (Å²) < 4.78 is 0. The van der Waals surface area contributed by atoms with E-state index in [-0.39, 0.29) is 17.7 Å². The Morgan fingerprint density at radius 2 is 1.65 bits per heavy atom. The molecule has 0 spiro atoms. The smallest absolute Gasteiger partial charge is 0.251 e. The maximum absolute atomic E-state index is 13.1. The Labute approximate surface area is 224 Å². The van der Waals surface area contributed by atoms with E-state index >= 15 is 0 Å². The fourth-order valence-electron chi connectivity index (χ4n) is 8.62. The summed E-state index contributed by atoms with van der Waals surface area (Å²) in [5.41, 5.74) is 2.43. The van der Waals surface area contributed by atoms with Gasteiger partial charge in [0.15, 0.2) is 0 Å². The van der Waals surface area contributed by atoms with Gasteiger partial charge < -0.3 is 15.5 Å². The molecule has 1 heterocycles. The summed E-state index contributed by atoms with van der Waals surface area (Å²) >= 11 is 0. The van der Waals surface area contributed by atoms with Crippen LogP contribution in [0, 0.1) is 23.7 Å². The first-order valence-corrected chi connectivity index (χ1v) is 15.3. The fourth-order valence-corrected chi connectivity index (χ4v) is 8.62. The van der Waals surface area contributed by atoms with Crippen molar-refractivity contribution < 1.29 is 9.59 Å². The SMILES string of the molecule is CC[C@H]1CCCCN1CCCNC(=O)[C@@H](NC(=O)c1ccc(C23CC4CC(CC(C4)C2)C3)cc1)C(C)C. The van der Waals surface area contributed by atoms with Crippen LogP contribution in [0.25, 0.3) is 0 Å². The van der Waals surface area contributed by atoms with Gasteiger partial charge in [0.2, 0.25) is 5.91 Å². The van der Waals surface area contributed by atoms with Crippen molar-refractivity contribution in [3.8, 4) is 0 Å². The Bertz CT molecular complexity index is 905. The zero-order valence-electron chi connectivity index (χ0n) is 23.4. The van der Waals surface area contributed by atoms with Crippen molar-refractivity contribution in [1.82, 2.24) is 15.5 Å². The number of benzene rings is 1. The highest BCUT2D eigenvalue weighted by Gasteiger charge is 2.51. The molecular weight excluding hydrogens is 458 g/mol. The molecule has 0 unspecified atom stereocenters. The lowest BCUT2D eigenvalue weighted by Gasteiger charge is -2.57. The lowest BCUT2D eigenvalue weighted by atomic mass is 9.48. The van der Waals surface area contributed by atoms with Gasteiger partial charge in [-0.1, -0.05) is 39.3 Å². The normalized spacial score (nSPS) is 31.9. The third kappa shape index (κ3) is 5.92. The van der Waals surface area contributed by atoms with Crippen molar-refractivity contribution >= 4 is 11.8 Å². The highest BCUT2D eigenvalue weighted by Crippen LogP contribution is 2.60. The lowest BCUT2D eigenvalue weighted by Crippen LogP contribution is -2.50. The maximum Gasteiger partial charge on any atom is 0.251 e. The first kappa shape index (κ1) is 26.7. The van der Waals surface area contributed by atoms with Crippen LogP contribution >= 0.6 is 0 Å². The zero-order chi connectivity index (χ0) is 26.0. The van der Waals surface area contributed by atoms with Gasteiger partial charge >= 0.3 is 0 Å². The van der Waals surface area contributed by atoms with E-state index in [4.69, 9.17) is 0 Å². The number of carbonyl (C=O) groups excluding carboxylic acids is 2. The Kier molecular flexibility index (Phi) is 8.28. The van der Waals surface area contributed by atoms with Gasteiger partial charge in [-0.15, -0.1) is 0 Å². The second-order valence-electron chi connectivity index (χ2n) is 13.2. The fraction of sp³-hybridized carbons (Fsp3) is 0.750. The van der Waals surface area contributed by atoms with Crippen LogP contribution in [0.1, 0.15) is 107 Å². The molecule has 1 aromatic carbocycles. The first-order chi connectivity index (χ1) is 17.9. The lowest BCUT2D eigenvalue weighted by molar-refractivity contribution is -0.123. The molecule has 1 aliphatic heterocycles. The number of piperidine rings is 1. The molecule has 204 valence electrons. The quantitative estimate of drug-likeness (QED) is 0.401. The van der Waals surface area contributed by atoms with E-state index in [1.54, 1.807) is 0 Å². The summed E-state index contributed by atoms with van der Waals surface area (Å²) in [6.45, 7) is 9.15. The van der Waals surface area contributed by atoms with E-state index in [1.807, 2.05) is 26.0 Å². The molecule has 5 fully saturated rings. The summed E-state index contributed by atoms with van der Waals surface area (Å²) in [5, 5.41) is 6.13. The number of likely N-dealkylation sites (tertiary alicyclic amines) is 1. The van der Waals surface area contributed by atoms with Crippen LogP contribution in [0.5, 0.6) is 0 Å². The van der Waals surface area contributed by atoms with Crippen LogP contribution in [0.4, 0.5) is 0 Å². The number of hydrogen-bond donors (Lipinski definition) is 2. The molecule has 2 atom stereocenters. The van der Waals surface area contributed by atoms with Gasteiger partial charge in [0.1, 0.15) is 6.04 Å². The minimum absolute atomic E-state index is 0.0295. The zero-order valence-corrected chi connectivity index (χ0v) is 23.4. The van der Waals surface area contributed by atoms with Gasteiger partial charge in [0.25, 0.3) is 5.91 Å². The average molecular weight is 508 g/mol. The van der Waals surface area contributed by atoms with E-state index < -0.39 is 6.04 Å². The molecule has 0 aromatic heterocycles. The van der Waals surface area contributed by atoms with E-state index in [1.165, 1.54) is 76.3 Å². The van der Waals surface area contributed by atoms with Crippen LogP contribution in [-0.4, -0.2) is 48.4 Å². The summed E-state index contributed by atoms with van der Waals surface area (Å²) in [6.07, 6.45) is 14.4. The van der Waals surface area contributed by atoms with Crippen LogP contribution in [0.3, 0.4) is 0 Å².